The molecule has 0 aromatic carbocycles. The number of hydrogen-bond donors (Lipinski definition) is 2. The van der Waals surface area contributed by atoms with E-state index in [0.29, 0.717) is 13.0 Å². The molecule has 2 atom stereocenters. The second-order valence-corrected chi connectivity index (χ2v) is 5.04. The van der Waals surface area contributed by atoms with Crippen LogP contribution in [0.4, 0.5) is 0 Å². The van der Waals surface area contributed by atoms with Crippen molar-refractivity contribution in [3.05, 3.63) is 0 Å². The fourth-order valence-electron chi connectivity index (χ4n) is 2.05. The summed E-state index contributed by atoms with van der Waals surface area (Å²) in [7, 11) is 0. The Morgan fingerprint density at radius 2 is 1.94 bits per heavy atom. The predicted octanol–water partition coefficient (Wildman–Crippen LogP) is 0.489. The molecule has 3 N–H and O–H groups in total. The SMILES string of the molecule is CCC(C)[C@H](N)C(=O)NCCC(=O)N1CCCC1. The number of carbonyl (C=O) groups excluding carboxylic acids is 2. The van der Waals surface area contributed by atoms with Crippen molar-refractivity contribution in [2.75, 3.05) is 19.6 Å². The third kappa shape index (κ3) is 4.29. The fourth-order valence-corrected chi connectivity index (χ4v) is 2.05. The average Bonchev–Trinajstić information content (AvgIpc) is 2.90. The topological polar surface area (TPSA) is 75.4 Å². The van der Waals surface area contributed by atoms with Crippen molar-refractivity contribution in [1.29, 1.82) is 0 Å². The van der Waals surface area contributed by atoms with Crippen molar-refractivity contribution < 1.29 is 9.59 Å². The summed E-state index contributed by atoms with van der Waals surface area (Å²) in [6.07, 6.45) is 3.44. The van der Waals surface area contributed by atoms with Gasteiger partial charge in [0.05, 0.1) is 6.04 Å². The summed E-state index contributed by atoms with van der Waals surface area (Å²) in [6.45, 7) is 6.07. The molecular formula is C13H25N3O2. The van der Waals surface area contributed by atoms with E-state index in [4.69, 9.17) is 5.73 Å². The van der Waals surface area contributed by atoms with Crippen LogP contribution in [0.5, 0.6) is 0 Å². The first-order valence-electron chi connectivity index (χ1n) is 6.87. The number of likely N-dealkylation sites (tertiary alicyclic amines) is 1. The van der Waals surface area contributed by atoms with Gasteiger partial charge in [-0.3, -0.25) is 9.59 Å². The molecule has 1 saturated heterocycles. The van der Waals surface area contributed by atoms with Crippen LogP contribution in [0.15, 0.2) is 0 Å². The molecule has 5 nitrogen and oxygen atoms in total. The highest BCUT2D eigenvalue weighted by atomic mass is 16.2. The van der Waals surface area contributed by atoms with Crippen LogP contribution < -0.4 is 11.1 Å². The van der Waals surface area contributed by atoms with E-state index in [-0.39, 0.29) is 17.7 Å². The molecule has 1 aliphatic heterocycles. The molecular weight excluding hydrogens is 230 g/mol. The van der Waals surface area contributed by atoms with Crippen LogP contribution in [-0.4, -0.2) is 42.4 Å². The Balaban J connectivity index is 2.20. The Kier molecular flexibility index (Phi) is 6.12. The van der Waals surface area contributed by atoms with Crippen molar-refractivity contribution >= 4 is 11.8 Å². The highest BCUT2D eigenvalue weighted by Crippen LogP contribution is 2.08. The summed E-state index contributed by atoms with van der Waals surface area (Å²) in [4.78, 5) is 25.3. The second-order valence-electron chi connectivity index (χ2n) is 5.04. The van der Waals surface area contributed by atoms with Gasteiger partial charge in [-0.1, -0.05) is 20.3 Å². The van der Waals surface area contributed by atoms with Crippen LogP contribution in [0.1, 0.15) is 39.5 Å². The molecule has 0 spiro atoms. The average molecular weight is 255 g/mol. The number of nitrogens with one attached hydrogen (secondary N) is 1. The van der Waals surface area contributed by atoms with Crippen LogP contribution in [0, 0.1) is 5.92 Å². The van der Waals surface area contributed by atoms with E-state index < -0.39 is 6.04 Å². The number of nitrogens with zero attached hydrogens (tertiary/aromatic N) is 1. The van der Waals surface area contributed by atoms with Crippen LogP contribution in [-0.2, 0) is 9.59 Å². The first-order chi connectivity index (χ1) is 8.56. The Hall–Kier alpha value is -1.10. The lowest BCUT2D eigenvalue weighted by molar-refractivity contribution is -0.130. The maximum atomic E-state index is 11.7. The van der Waals surface area contributed by atoms with E-state index in [9.17, 15) is 9.59 Å². The van der Waals surface area contributed by atoms with Crippen molar-refractivity contribution in [1.82, 2.24) is 10.2 Å². The van der Waals surface area contributed by atoms with Gasteiger partial charge in [-0.2, -0.15) is 0 Å². The normalized spacial score (nSPS) is 18.5. The van der Waals surface area contributed by atoms with E-state index in [2.05, 4.69) is 5.32 Å². The van der Waals surface area contributed by atoms with Gasteiger partial charge in [0.15, 0.2) is 0 Å². The minimum absolute atomic E-state index is 0.130. The smallest absolute Gasteiger partial charge is 0.237 e. The number of carbonyl (C=O) groups is 2. The van der Waals surface area contributed by atoms with Gasteiger partial charge in [0.2, 0.25) is 11.8 Å². The second kappa shape index (κ2) is 7.36. The molecule has 1 aliphatic rings. The van der Waals surface area contributed by atoms with Gasteiger partial charge >= 0.3 is 0 Å². The summed E-state index contributed by atoms with van der Waals surface area (Å²) in [5.74, 6) is 0.141. The first kappa shape index (κ1) is 15.0. The van der Waals surface area contributed by atoms with Crippen LogP contribution >= 0.6 is 0 Å². The Morgan fingerprint density at radius 1 is 1.33 bits per heavy atom. The molecule has 0 radical (unpaired) electrons. The number of nitrogens with two attached hydrogens (primary N) is 1. The van der Waals surface area contributed by atoms with Crippen molar-refractivity contribution in [2.45, 2.75) is 45.6 Å². The number of rotatable bonds is 6. The largest absolute Gasteiger partial charge is 0.354 e. The van der Waals surface area contributed by atoms with Gasteiger partial charge in [0.1, 0.15) is 0 Å². The molecule has 0 aromatic heterocycles. The van der Waals surface area contributed by atoms with Gasteiger partial charge in [-0.25, -0.2) is 0 Å². The first-order valence-corrected chi connectivity index (χ1v) is 6.87. The minimum Gasteiger partial charge on any atom is -0.354 e. The zero-order valence-corrected chi connectivity index (χ0v) is 11.4. The maximum absolute atomic E-state index is 11.7. The summed E-state index contributed by atoms with van der Waals surface area (Å²) in [6, 6.07) is -0.475. The van der Waals surface area contributed by atoms with Gasteiger partial charge in [0.25, 0.3) is 0 Å². The highest BCUT2D eigenvalue weighted by Gasteiger charge is 2.20. The summed E-state index contributed by atoms with van der Waals surface area (Å²) in [5.41, 5.74) is 5.80. The molecule has 0 bridgehead atoms. The molecule has 1 fully saturated rings. The molecule has 104 valence electrons. The Morgan fingerprint density at radius 3 is 2.50 bits per heavy atom. The molecule has 2 amide bonds. The van der Waals surface area contributed by atoms with E-state index in [1.54, 1.807) is 0 Å². The molecule has 5 heteroatoms. The molecule has 1 unspecified atom stereocenters. The third-order valence-electron chi connectivity index (χ3n) is 3.66. The van der Waals surface area contributed by atoms with E-state index >= 15 is 0 Å². The lowest BCUT2D eigenvalue weighted by atomic mass is 9.99. The van der Waals surface area contributed by atoms with Crippen molar-refractivity contribution in [3.63, 3.8) is 0 Å². The molecule has 1 heterocycles. The number of hydrogen-bond acceptors (Lipinski definition) is 3. The molecule has 18 heavy (non-hydrogen) atoms. The molecule has 0 aromatic rings. The zero-order chi connectivity index (χ0) is 13.5. The maximum Gasteiger partial charge on any atom is 0.237 e. The quantitative estimate of drug-likeness (QED) is 0.725. The lowest BCUT2D eigenvalue weighted by Crippen LogP contribution is -2.45. The molecule has 1 rings (SSSR count). The van der Waals surface area contributed by atoms with Gasteiger partial charge < -0.3 is 16.0 Å². The van der Waals surface area contributed by atoms with Crippen LogP contribution in [0.2, 0.25) is 0 Å². The summed E-state index contributed by atoms with van der Waals surface area (Å²) in [5, 5.41) is 2.74. The van der Waals surface area contributed by atoms with Gasteiger partial charge in [0, 0.05) is 26.1 Å². The van der Waals surface area contributed by atoms with Gasteiger partial charge in [-0.15, -0.1) is 0 Å². The summed E-state index contributed by atoms with van der Waals surface area (Å²) < 4.78 is 0. The fraction of sp³-hybridized carbons (Fsp3) is 0.846. The van der Waals surface area contributed by atoms with Crippen LogP contribution in [0.3, 0.4) is 0 Å². The summed E-state index contributed by atoms with van der Waals surface area (Å²) >= 11 is 0. The molecule has 0 saturated carbocycles. The lowest BCUT2D eigenvalue weighted by Gasteiger charge is -2.18. The minimum atomic E-state index is -0.475. The van der Waals surface area contributed by atoms with Crippen molar-refractivity contribution in [2.24, 2.45) is 11.7 Å². The van der Waals surface area contributed by atoms with Crippen molar-refractivity contribution in [3.8, 4) is 0 Å². The van der Waals surface area contributed by atoms with Crippen LogP contribution in [0.25, 0.3) is 0 Å². The number of amides is 2. The standard InChI is InChI=1S/C13H25N3O2/c1-3-10(2)12(14)13(18)15-7-6-11(17)16-8-4-5-9-16/h10,12H,3-9,14H2,1-2H3,(H,15,18)/t10?,12-/m0/s1. The van der Waals surface area contributed by atoms with E-state index in [0.717, 1.165) is 32.4 Å². The predicted molar refractivity (Wildman–Crippen MR) is 70.9 cm³/mol. The zero-order valence-electron chi connectivity index (χ0n) is 11.4. The monoisotopic (exact) mass is 255 g/mol. The highest BCUT2D eigenvalue weighted by molar-refractivity contribution is 5.82. The Labute approximate surface area is 109 Å². The third-order valence-corrected chi connectivity index (χ3v) is 3.66. The van der Waals surface area contributed by atoms with Gasteiger partial charge in [-0.05, 0) is 18.8 Å². The van der Waals surface area contributed by atoms with E-state index in [1.807, 2.05) is 18.7 Å². The van der Waals surface area contributed by atoms with E-state index in [1.165, 1.54) is 0 Å². The Bertz CT molecular complexity index is 288. The molecule has 0 aliphatic carbocycles.